The normalized spacial score (nSPS) is 11.0. The molecule has 0 amide bonds. The maximum absolute atomic E-state index is 11.7. The third-order valence-electron chi connectivity index (χ3n) is 1.88. The van der Waals surface area contributed by atoms with Gasteiger partial charge in [-0.25, -0.2) is 13.1 Å². The number of nitrogens with one attached hydrogen (secondary N) is 1. The van der Waals surface area contributed by atoms with Crippen LogP contribution in [0, 0.1) is 11.3 Å². The van der Waals surface area contributed by atoms with E-state index in [0.717, 1.165) is 0 Å². The number of halogens is 1. The summed E-state index contributed by atoms with van der Waals surface area (Å²) in [5, 5.41) is 8.50. The molecule has 4 nitrogen and oxygen atoms in total. The minimum absolute atomic E-state index is 0.0635. The Morgan fingerprint density at radius 1 is 1.38 bits per heavy atom. The molecule has 0 radical (unpaired) electrons. The lowest BCUT2D eigenvalue weighted by Gasteiger charge is -2.06. The fourth-order valence-corrected chi connectivity index (χ4v) is 2.71. The number of rotatable bonds is 5. The van der Waals surface area contributed by atoms with Crippen molar-refractivity contribution in [2.75, 3.05) is 6.54 Å². The number of sulfonamides is 1. The van der Waals surface area contributed by atoms with Crippen LogP contribution in [0.25, 0.3) is 0 Å². The summed E-state index contributed by atoms with van der Waals surface area (Å²) in [6.07, 6.45) is 0.811. The van der Waals surface area contributed by atoms with Crippen LogP contribution in [0.5, 0.6) is 0 Å². The van der Waals surface area contributed by atoms with Crippen LogP contribution in [0.3, 0.4) is 0 Å². The van der Waals surface area contributed by atoms with Gasteiger partial charge in [-0.2, -0.15) is 5.26 Å². The van der Waals surface area contributed by atoms with E-state index in [1.54, 1.807) is 12.1 Å². The Hall–Kier alpha value is -1.09. The van der Waals surface area contributed by atoms with Gasteiger partial charge in [-0.15, -0.1) is 0 Å². The Bertz CT molecular complexity index is 494. The molecule has 0 aliphatic carbocycles. The van der Waals surface area contributed by atoms with Crippen LogP contribution in [0.15, 0.2) is 29.2 Å². The summed E-state index contributed by atoms with van der Waals surface area (Å²) in [4.78, 5) is 0.0635. The molecule has 1 aromatic carbocycles. The Kier molecular flexibility index (Phi) is 4.74. The van der Waals surface area contributed by atoms with E-state index >= 15 is 0 Å². The fourth-order valence-electron chi connectivity index (χ4n) is 1.11. The van der Waals surface area contributed by atoms with Crippen molar-refractivity contribution < 1.29 is 8.42 Å². The second-order valence-corrected chi connectivity index (χ2v) is 5.23. The SMILES string of the molecule is N#CCCCNS(=O)(=O)c1ccccc1Cl. The third kappa shape index (κ3) is 3.49. The molecule has 1 rings (SSSR count). The van der Waals surface area contributed by atoms with Crippen LogP contribution in [0.4, 0.5) is 0 Å². The Balaban J connectivity index is 2.72. The van der Waals surface area contributed by atoms with E-state index in [1.807, 2.05) is 6.07 Å². The Morgan fingerprint density at radius 2 is 2.06 bits per heavy atom. The average Bonchev–Trinajstić information content (AvgIpc) is 2.25. The van der Waals surface area contributed by atoms with Crippen LogP contribution >= 0.6 is 11.6 Å². The minimum Gasteiger partial charge on any atom is -0.211 e. The smallest absolute Gasteiger partial charge is 0.211 e. The van der Waals surface area contributed by atoms with E-state index < -0.39 is 10.0 Å². The summed E-state index contributed by atoms with van der Waals surface area (Å²) in [6, 6.07) is 8.17. The van der Waals surface area contributed by atoms with Crippen molar-refractivity contribution in [2.24, 2.45) is 0 Å². The van der Waals surface area contributed by atoms with Crippen molar-refractivity contribution >= 4 is 21.6 Å². The van der Waals surface area contributed by atoms with E-state index in [4.69, 9.17) is 16.9 Å². The summed E-state index contributed by atoms with van der Waals surface area (Å²) in [5.74, 6) is 0. The zero-order valence-electron chi connectivity index (χ0n) is 8.48. The number of hydrogen-bond acceptors (Lipinski definition) is 3. The first kappa shape index (κ1) is 13.0. The van der Waals surface area contributed by atoms with E-state index in [0.29, 0.717) is 12.8 Å². The molecule has 0 aromatic heterocycles. The Labute approximate surface area is 99.9 Å². The molecule has 1 aromatic rings. The third-order valence-corrected chi connectivity index (χ3v) is 3.84. The van der Waals surface area contributed by atoms with Crippen molar-refractivity contribution in [1.29, 1.82) is 5.26 Å². The standard InChI is InChI=1S/C10H11ClN2O2S/c11-9-5-1-2-6-10(9)16(14,15)13-8-4-3-7-12/h1-2,5-6,13H,3-4,8H2. The molecule has 0 bridgehead atoms. The molecular weight excluding hydrogens is 248 g/mol. The van der Waals surface area contributed by atoms with Crippen molar-refractivity contribution in [3.8, 4) is 6.07 Å². The molecule has 0 unspecified atom stereocenters. The summed E-state index contributed by atoms with van der Waals surface area (Å²) in [7, 11) is -3.56. The van der Waals surface area contributed by atoms with E-state index in [2.05, 4.69) is 4.72 Å². The van der Waals surface area contributed by atoms with Crippen molar-refractivity contribution in [1.82, 2.24) is 4.72 Å². The fraction of sp³-hybridized carbons (Fsp3) is 0.300. The maximum atomic E-state index is 11.7. The van der Waals surface area contributed by atoms with Gasteiger partial charge in [-0.3, -0.25) is 0 Å². The minimum atomic E-state index is -3.56. The first-order chi connectivity index (χ1) is 7.58. The number of benzene rings is 1. The molecule has 0 atom stereocenters. The number of hydrogen-bond donors (Lipinski definition) is 1. The topological polar surface area (TPSA) is 70.0 Å². The summed E-state index contributed by atoms with van der Waals surface area (Å²) in [5.41, 5.74) is 0. The number of nitriles is 1. The van der Waals surface area contributed by atoms with Gasteiger partial charge in [0, 0.05) is 13.0 Å². The molecule has 6 heteroatoms. The zero-order valence-corrected chi connectivity index (χ0v) is 10.1. The van der Waals surface area contributed by atoms with Crippen molar-refractivity contribution in [2.45, 2.75) is 17.7 Å². The van der Waals surface area contributed by atoms with Gasteiger partial charge in [0.15, 0.2) is 0 Å². The van der Waals surface area contributed by atoms with Gasteiger partial charge >= 0.3 is 0 Å². The molecule has 0 aliphatic rings. The molecule has 0 aliphatic heterocycles. The van der Waals surface area contributed by atoms with Gasteiger partial charge in [-0.1, -0.05) is 23.7 Å². The second-order valence-electron chi connectivity index (χ2n) is 3.09. The van der Waals surface area contributed by atoms with Crippen molar-refractivity contribution in [3.05, 3.63) is 29.3 Å². The van der Waals surface area contributed by atoms with Crippen LogP contribution < -0.4 is 4.72 Å². The maximum Gasteiger partial charge on any atom is 0.242 e. The molecule has 1 N–H and O–H groups in total. The average molecular weight is 259 g/mol. The summed E-state index contributed by atoms with van der Waals surface area (Å²) >= 11 is 5.78. The van der Waals surface area contributed by atoms with Crippen LogP contribution in [0.2, 0.25) is 5.02 Å². The highest BCUT2D eigenvalue weighted by Crippen LogP contribution is 2.19. The zero-order chi connectivity index (χ0) is 12.0. The van der Waals surface area contributed by atoms with Crippen molar-refractivity contribution in [3.63, 3.8) is 0 Å². The molecular formula is C10H11ClN2O2S. The Morgan fingerprint density at radius 3 is 2.69 bits per heavy atom. The van der Waals surface area contributed by atoms with Crippen LogP contribution in [-0.2, 0) is 10.0 Å². The second kappa shape index (κ2) is 5.85. The van der Waals surface area contributed by atoms with Gasteiger partial charge < -0.3 is 0 Å². The number of unbranched alkanes of at least 4 members (excludes halogenated alkanes) is 1. The van der Waals surface area contributed by atoms with Gasteiger partial charge in [0.1, 0.15) is 4.90 Å². The number of nitrogens with zero attached hydrogens (tertiary/aromatic N) is 1. The van der Waals surface area contributed by atoms with Gasteiger partial charge in [0.2, 0.25) is 10.0 Å². The van der Waals surface area contributed by atoms with Gasteiger partial charge in [0.25, 0.3) is 0 Å². The molecule has 0 spiro atoms. The molecule has 86 valence electrons. The van der Waals surface area contributed by atoms with E-state index in [9.17, 15) is 8.42 Å². The predicted octanol–water partition coefficient (Wildman–Crippen LogP) is 1.92. The first-order valence-corrected chi connectivity index (χ1v) is 6.55. The highest BCUT2D eigenvalue weighted by Gasteiger charge is 2.15. The lowest BCUT2D eigenvalue weighted by molar-refractivity contribution is 0.579. The quantitative estimate of drug-likeness (QED) is 0.821. The lowest BCUT2D eigenvalue weighted by atomic mass is 10.3. The summed E-state index contributed by atoms with van der Waals surface area (Å²) in [6.45, 7) is 0.237. The molecule has 0 fully saturated rings. The van der Waals surface area contributed by atoms with E-state index in [1.165, 1.54) is 12.1 Å². The molecule has 16 heavy (non-hydrogen) atoms. The van der Waals surface area contributed by atoms with Crippen LogP contribution in [0.1, 0.15) is 12.8 Å². The monoisotopic (exact) mass is 258 g/mol. The van der Waals surface area contributed by atoms with E-state index in [-0.39, 0.29) is 16.5 Å². The first-order valence-electron chi connectivity index (χ1n) is 4.69. The summed E-state index contributed by atoms with van der Waals surface area (Å²) < 4.78 is 25.9. The largest absolute Gasteiger partial charge is 0.242 e. The molecule has 0 heterocycles. The van der Waals surface area contributed by atoms with Gasteiger partial charge in [0.05, 0.1) is 11.1 Å². The predicted molar refractivity (Wildman–Crippen MR) is 61.5 cm³/mol. The van der Waals surface area contributed by atoms with Crippen LogP contribution in [-0.4, -0.2) is 15.0 Å². The highest BCUT2D eigenvalue weighted by atomic mass is 35.5. The highest BCUT2D eigenvalue weighted by molar-refractivity contribution is 7.89. The van der Waals surface area contributed by atoms with Gasteiger partial charge in [-0.05, 0) is 18.6 Å². The molecule has 0 saturated carbocycles. The lowest BCUT2D eigenvalue weighted by Crippen LogP contribution is -2.24. The molecule has 0 saturated heterocycles.